The Hall–Kier alpha value is -2.45. The first-order chi connectivity index (χ1) is 13.6. The van der Waals surface area contributed by atoms with Gasteiger partial charge in [0.15, 0.2) is 11.0 Å². The van der Waals surface area contributed by atoms with Gasteiger partial charge < -0.3 is 9.55 Å². The first-order valence-electron chi connectivity index (χ1n) is 9.23. The molecule has 0 unspecified atom stereocenters. The molecule has 8 heteroatoms. The van der Waals surface area contributed by atoms with Crippen LogP contribution >= 0.6 is 23.1 Å². The molecule has 0 radical (unpaired) electrons. The Morgan fingerprint density at radius 3 is 2.96 bits per heavy atom. The second kappa shape index (κ2) is 6.86. The number of hydrogen-bond acceptors (Lipinski definition) is 6. The average molecular weight is 410 g/mol. The van der Waals surface area contributed by atoms with Crippen LogP contribution in [0.25, 0.3) is 21.6 Å². The molecule has 6 nitrogen and oxygen atoms in total. The van der Waals surface area contributed by atoms with E-state index >= 15 is 0 Å². The van der Waals surface area contributed by atoms with Crippen LogP contribution in [0.2, 0.25) is 0 Å². The van der Waals surface area contributed by atoms with Crippen LogP contribution in [0.5, 0.6) is 0 Å². The van der Waals surface area contributed by atoms with Crippen LogP contribution < -0.4 is 5.56 Å². The molecular formula is C20H19N5OS2. The van der Waals surface area contributed by atoms with E-state index in [1.165, 1.54) is 22.2 Å². The standard InChI is InChI=1S/C20H19N5OS2/c1-11-6-3-4-7-12(11)17-23-24-20(25(17)2)27-10-15-21-18(26)16-13-8-5-9-14(13)28-19(16)22-15/h3-4,6-7H,5,8-10H2,1-2H3,(H,21,22,26). The normalized spacial score (nSPS) is 13.4. The molecule has 5 rings (SSSR count). The monoisotopic (exact) mass is 409 g/mol. The molecule has 142 valence electrons. The molecular weight excluding hydrogens is 390 g/mol. The van der Waals surface area contributed by atoms with E-state index in [2.05, 4.69) is 34.2 Å². The molecule has 0 saturated heterocycles. The third kappa shape index (κ3) is 2.87. The van der Waals surface area contributed by atoms with Crippen molar-refractivity contribution in [3.63, 3.8) is 0 Å². The fourth-order valence-electron chi connectivity index (χ4n) is 3.75. The van der Waals surface area contributed by atoms with Crippen molar-refractivity contribution in [2.24, 2.45) is 7.05 Å². The maximum Gasteiger partial charge on any atom is 0.259 e. The summed E-state index contributed by atoms with van der Waals surface area (Å²) in [7, 11) is 1.97. The molecule has 0 aliphatic heterocycles. The number of nitrogens with one attached hydrogen (secondary N) is 1. The highest BCUT2D eigenvalue weighted by Gasteiger charge is 2.21. The van der Waals surface area contributed by atoms with Crippen molar-refractivity contribution < 1.29 is 0 Å². The van der Waals surface area contributed by atoms with E-state index in [0.29, 0.717) is 11.6 Å². The molecule has 1 aliphatic rings. The predicted octanol–water partition coefficient (Wildman–Crippen LogP) is 3.87. The lowest BCUT2D eigenvalue weighted by atomic mass is 10.1. The number of thiophene rings is 1. The topological polar surface area (TPSA) is 76.5 Å². The van der Waals surface area contributed by atoms with Gasteiger partial charge in [-0.3, -0.25) is 4.79 Å². The number of rotatable bonds is 4. The summed E-state index contributed by atoms with van der Waals surface area (Å²) in [6, 6.07) is 8.14. The Labute approximate surface area is 170 Å². The third-order valence-corrected chi connectivity index (χ3v) is 7.40. The maximum absolute atomic E-state index is 12.6. The first kappa shape index (κ1) is 17.6. The van der Waals surface area contributed by atoms with Crippen molar-refractivity contribution in [3.05, 3.63) is 56.4 Å². The van der Waals surface area contributed by atoms with E-state index in [0.717, 1.165) is 51.6 Å². The van der Waals surface area contributed by atoms with Gasteiger partial charge in [0, 0.05) is 17.5 Å². The summed E-state index contributed by atoms with van der Waals surface area (Å²) in [4.78, 5) is 22.5. The van der Waals surface area contributed by atoms with Gasteiger partial charge >= 0.3 is 0 Å². The number of thioether (sulfide) groups is 1. The Morgan fingerprint density at radius 1 is 1.25 bits per heavy atom. The van der Waals surface area contributed by atoms with Crippen LogP contribution in [-0.2, 0) is 25.6 Å². The first-order valence-corrected chi connectivity index (χ1v) is 11.0. The van der Waals surface area contributed by atoms with E-state index in [-0.39, 0.29) is 5.56 Å². The smallest absolute Gasteiger partial charge is 0.259 e. The number of hydrogen-bond donors (Lipinski definition) is 1. The molecule has 0 amide bonds. The quantitative estimate of drug-likeness (QED) is 0.518. The van der Waals surface area contributed by atoms with Gasteiger partial charge in [0.1, 0.15) is 10.7 Å². The lowest BCUT2D eigenvalue weighted by Crippen LogP contribution is -2.11. The minimum absolute atomic E-state index is 0.0152. The van der Waals surface area contributed by atoms with E-state index < -0.39 is 0 Å². The second-order valence-electron chi connectivity index (χ2n) is 7.02. The number of benzene rings is 1. The molecule has 1 aliphatic carbocycles. The molecule has 0 bridgehead atoms. The van der Waals surface area contributed by atoms with Crippen molar-refractivity contribution in [3.8, 4) is 11.4 Å². The molecule has 0 saturated carbocycles. The van der Waals surface area contributed by atoms with Crippen LogP contribution in [0.1, 0.15) is 28.2 Å². The van der Waals surface area contributed by atoms with Gasteiger partial charge in [-0.05, 0) is 37.3 Å². The lowest BCUT2D eigenvalue weighted by molar-refractivity contribution is 0.792. The summed E-state index contributed by atoms with van der Waals surface area (Å²) >= 11 is 3.20. The maximum atomic E-state index is 12.6. The fourth-order valence-corrected chi connectivity index (χ4v) is 5.81. The molecule has 0 atom stereocenters. The van der Waals surface area contributed by atoms with Gasteiger partial charge in [0.05, 0.1) is 11.1 Å². The van der Waals surface area contributed by atoms with Crippen LogP contribution in [0, 0.1) is 6.92 Å². The van der Waals surface area contributed by atoms with Crippen molar-refractivity contribution in [2.45, 2.75) is 37.1 Å². The third-order valence-electron chi connectivity index (χ3n) is 5.18. The molecule has 1 aromatic carbocycles. The number of aromatic amines is 1. The van der Waals surface area contributed by atoms with Crippen LogP contribution in [0.3, 0.4) is 0 Å². The largest absolute Gasteiger partial charge is 0.309 e. The predicted molar refractivity (Wildman–Crippen MR) is 113 cm³/mol. The van der Waals surface area contributed by atoms with E-state index in [4.69, 9.17) is 4.98 Å². The summed E-state index contributed by atoms with van der Waals surface area (Å²) in [6.45, 7) is 2.07. The Bertz CT molecular complexity index is 1250. The highest BCUT2D eigenvalue weighted by Crippen LogP contribution is 2.35. The molecule has 3 aromatic heterocycles. The zero-order valence-electron chi connectivity index (χ0n) is 15.7. The van der Waals surface area contributed by atoms with Gasteiger partial charge in [0.25, 0.3) is 5.56 Å². The Morgan fingerprint density at radius 2 is 2.11 bits per heavy atom. The van der Waals surface area contributed by atoms with Gasteiger partial charge in [-0.25, -0.2) is 4.98 Å². The highest BCUT2D eigenvalue weighted by molar-refractivity contribution is 7.98. The lowest BCUT2D eigenvalue weighted by Gasteiger charge is -2.06. The van der Waals surface area contributed by atoms with Crippen LogP contribution in [-0.4, -0.2) is 24.7 Å². The van der Waals surface area contributed by atoms with Gasteiger partial charge in [-0.2, -0.15) is 0 Å². The van der Waals surface area contributed by atoms with Crippen molar-refractivity contribution >= 4 is 33.3 Å². The average Bonchev–Trinajstić information content (AvgIpc) is 3.35. The molecule has 1 N–H and O–H groups in total. The number of fused-ring (bicyclic) bond motifs is 3. The Balaban J connectivity index is 1.41. The number of H-pyrrole nitrogens is 1. The van der Waals surface area contributed by atoms with Gasteiger partial charge in [0.2, 0.25) is 0 Å². The van der Waals surface area contributed by atoms with Crippen molar-refractivity contribution in [2.75, 3.05) is 0 Å². The molecule has 28 heavy (non-hydrogen) atoms. The summed E-state index contributed by atoms with van der Waals surface area (Å²) in [5.41, 5.74) is 3.44. The second-order valence-corrected chi connectivity index (χ2v) is 9.05. The summed E-state index contributed by atoms with van der Waals surface area (Å²) in [5, 5.41) is 10.3. The van der Waals surface area contributed by atoms with E-state index in [1.807, 2.05) is 23.7 Å². The van der Waals surface area contributed by atoms with Crippen LogP contribution in [0.4, 0.5) is 0 Å². The molecule has 0 spiro atoms. The van der Waals surface area contributed by atoms with E-state index in [1.54, 1.807) is 11.3 Å². The number of aryl methyl sites for hydroxylation is 3. The summed E-state index contributed by atoms with van der Waals surface area (Å²) in [5.74, 6) is 2.07. The Kier molecular flexibility index (Phi) is 4.32. The molecule has 3 heterocycles. The minimum Gasteiger partial charge on any atom is -0.309 e. The van der Waals surface area contributed by atoms with Crippen molar-refractivity contribution in [1.29, 1.82) is 0 Å². The molecule has 0 fully saturated rings. The summed E-state index contributed by atoms with van der Waals surface area (Å²) < 4.78 is 1.99. The minimum atomic E-state index is -0.0152. The SMILES string of the molecule is Cc1ccccc1-c1nnc(SCc2nc3sc4c(c3c(=O)[nH]2)CCC4)n1C. The van der Waals surface area contributed by atoms with Crippen molar-refractivity contribution in [1.82, 2.24) is 24.7 Å². The van der Waals surface area contributed by atoms with Gasteiger partial charge in [-0.15, -0.1) is 21.5 Å². The number of aromatic nitrogens is 5. The zero-order valence-corrected chi connectivity index (χ0v) is 17.3. The number of nitrogens with zero attached hydrogens (tertiary/aromatic N) is 4. The van der Waals surface area contributed by atoms with Crippen LogP contribution in [0.15, 0.2) is 34.2 Å². The summed E-state index contributed by atoms with van der Waals surface area (Å²) in [6.07, 6.45) is 3.21. The van der Waals surface area contributed by atoms with Gasteiger partial charge in [-0.1, -0.05) is 36.0 Å². The fraction of sp³-hybridized carbons (Fsp3) is 0.300. The van der Waals surface area contributed by atoms with E-state index in [9.17, 15) is 4.79 Å². The zero-order chi connectivity index (χ0) is 19.3. The highest BCUT2D eigenvalue weighted by atomic mass is 32.2. The molecule has 4 aromatic rings.